The summed E-state index contributed by atoms with van der Waals surface area (Å²) in [6, 6.07) is 4.12. The molecular weight excluding hydrogens is 278 g/mol. The van der Waals surface area contributed by atoms with Crippen LogP contribution in [0.2, 0.25) is 0 Å². The van der Waals surface area contributed by atoms with Crippen molar-refractivity contribution in [2.24, 2.45) is 5.92 Å². The molecule has 1 aromatic rings. The summed E-state index contributed by atoms with van der Waals surface area (Å²) in [6.45, 7) is 10.3. The highest BCUT2D eigenvalue weighted by Gasteiger charge is 2.22. The molecule has 1 amide bonds. The van der Waals surface area contributed by atoms with E-state index in [9.17, 15) is 4.79 Å². The maximum atomic E-state index is 11.7. The van der Waals surface area contributed by atoms with E-state index in [1.54, 1.807) is 0 Å². The highest BCUT2D eigenvalue weighted by atomic mass is 16.6. The zero-order chi connectivity index (χ0) is 16.2. The summed E-state index contributed by atoms with van der Waals surface area (Å²) < 4.78 is 5.28. The molecule has 0 spiro atoms. The van der Waals surface area contributed by atoms with Gasteiger partial charge in [0.05, 0.1) is 0 Å². The van der Waals surface area contributed by atoms with E-state index in [2.05, 4.69) is 28.2 Å². The van der Waals surface area contributed by atoms with Crippen LogP contribution in [0.3, 0.4) is 0 Å². The summed E-state index contributed by atoms with van der Waals surface area (Å²) in [6.07, 6.45) is 3.76. The molecule has 122 valence electrons. The molecule has 0 aromatic carbocycles. The van der Waals surface area contributed by atoms with Gasteiger partial charge in [-0.15, -0.1) is 0 Å². The molecule has 5 nitrogen and oxygen atoms in total. The number of alkyl carbamates (subject to hydrolysis) is 1. The van der Waals surface area contributed by atoms with Crippen molar-refractivity contribution >= 4 is 11.9 Å². The fourth-order valence-electron chi connectivity index (χ4n) is 2.67. The lowest BCUT2D eigenvalue weighted by Gasteiger charge is -2.34. The minimum Gasteiger partial charge on any atom is -0.444 e. The van der Waals surface area contributed by atoms with Crippen LogP contribution in [0.1, 0.15) is 39.2 Å². The maximum absolute atomic E-state index is 11.7. The molecule has 0 saturated carbocycles. The van der Waals surface area contributed by atoms with E-state index in [4.69, 9.17) is 4.74 Å². The molecule has 1 aromatic heterocycles. The Morgan fingerprint density at radius 2 is 2.27 bits per heavy atom. The summed E-state index contributed by atoms with van der Waals surface area (Å²) >= 11 is 0. The van der Waals surface area contributed by atoms with Crippen LogP contribution in [0, 0.1) is 12.8 Å². The molecule has 1 unspecified atom stereocenters. The summed E-state index contributed by atoms with van der Waals surface area (Å²) in [7, 11) is 0. The van der Waals surface area contributed by atoms with Gasteiger partial charge >= 0.3 is 6.09 Å². The number of aryl methyl sites for hydroxylation is 1. The number of amides is 1. The van der Waals surface area contributed by atoms with E-state index in [1.165, 1.54) is 5.56 Å². The monoisotopic (exact) mass is 305 g/mol. The summed E-state index contributed by atoms with van der Waals surface area (Å²) in [5.74, 6) is 1.46. The van der Waals surface area contributed by atoms with Gasteiger partial charge in [-0.05, 0) is 64.2 Å². The normalized spacial score (nSPS) is 18.9. The Labute approximate surface area is 133 Å². The van der Waals surface area contributed by atoms with Gasteiger partial charge in [0, 0.05) is 25.8 Å². The molecule has 0 aliphatic carbocycles. The van der Waals surface area contributed by atoms with Crippen molar-refractivity contribution in [2.75, 3.05) is 24.5 Å². The number of pyridine rings is 1. The van der Waals surface area contributed by atoms with Crippen LogP contribution in [-0.4, -0.2) is 36.3 Å². The third kappa shape index (κ3) is 5.20. The van der Waals surface area contributed by atoms with Crippen molar-refractivity contribution in [1.82, 2.24) is 10.3 Å². The summed E-state index contributed by atoms with van der Waals surface area (Å²) in [5, 5.41) is 2.88. The lowest BCUT2D eigenvalue weighted by molar-refractivity contribution is 0.0517. The van der Waals surface area contributed by atoms with Gasteiger partial charge in [-0.1, -0.05) is 0 Å². The van der Waals surface area contributed by atoms with Crippen LogP contribution in [0.15, 0.2) is 18.3 Å². The van der Waals surface area contributed by atoms with Crippen LogP contribution < -0.4 is 10.2 Å². The van der Waals surface area contributed by atoms with Crippen LogP contribution in [0.25, 0.3) is 0 Å². The van der Waals surface area contributed by atoms with E-state index in [0.717, 1.165) is 31.7 Å². The fraction of sp³-hybridized carbons (Fsp3) is 0.647. The van der Waals surface area contributed by atoms with Gasteiger partial charge in [0.25, 0.3) is 0 Å². The predicted octanol–water partition coefficient (Wildman–Crippen LogP) is 3.13. The number of carbonyl (C=O) groups excluding carboxylic acids is 1. The predicted molar refractivity (Wildman–Crippen MR) is 88.1 cm³/mol. The van der Waals surface area contributed by atoms with Gasteiger partial charge in [-0.3, -0.25) is 0 Å². The first-order valence-corrected chi connectivity index (χ1v) is 7.98. The zero-order valence-electron chi connectivity index (χ0n) is 14.1. The molecular formula is C17H27N3O2. The molecule has 2 rings (SSSR count). The van der Waals surface area contributed by atoms with E-state index < -0.39 is 5.60 Å². The van der Waals surface area contributed by atoms with Crippen molar-refractivity contribution in [2.45, 2.75) is 46.1 Å². The first kappa shape index (κ1) is 16.6. The van der Waals surface area contributed by atoms with Gasteiger partial charge < -0.3 is 15.0 Å². The number of nitrogens with one attached hydrogen (secondary N) is 1. The fourth-order valence-corrected chi connectivity index (χ4v) is 2.67. The average Bonchev–Trinajstić information content (AvgIpc) is 2.44. The van der Waals surface area contributed by atoms with Crippen LogP contribution >= 0.6 is 0 Å². The van der Waals surface area contributed by atoms with Crippen molar-refractivity contribution < 1.29 is 9.53 Å². The summed E-state index contributed by atoms with van der Waals surface area (Å²) in [5.41, 5.74) is 0.771. The molecule has 1 aliphatic rings. The third-order valence-corrected chi connectivity index (χ3v) is 3.68. The molecule has 1 saturated heterocycles. The van der Waals surface area contributed by atoms with Gasteiger partial charge in [0.2, 0.25) is 0 Å². The minimum absolute atomic E-state index is 0.335. The number of hydrogen-bond acceptors (Lipinski definition) is 4. The van der Waals surface area contributed by atoms with Gasteiger partial charge in [0.15, 0.2) is 0 Å². The Hall–Kier alpha value is -1.78. The largest absolute Gasteiger partial charge is 0.444 e. The third-order valence-electron chi connectivity index (χ3n) is 3.68. The Kier molecular flexibility index (Phi) is 5.27. The first-order valence-electron chi connectivity index (χ1n) is 7.98. The van der Waals surface area contributed by atoms with E-state index >= 15 is 0 Å². The van der Waals surface area contributed by atoms with Gasteiger partial charge in [0.1, 0.15) is 11.4 Å². The van der Waals surface area contributed by atoms with Crippen molar-refractivity contribution in [3.05, 3.63) is 23.9 Å². The Morgan fingerprint density at radius 1 is 1.50 bits per heavy atom. The highest BCUT2D eigenvalue weighted by Crippen LogP contribution is 2.21. The van der Waals surface area contributed by atoms with Crippen molar-refractivity contribution in [3.63, 3.8) is 0 Å². The van der Waals surface area contributed by atoms with Gasteiger partial charge in [-0.2, -0.15) is 0 Å². The molecule has 5 heteroatoms. The smallest absolute Gasteiger partial charge is 0.407 e. The van der Waals surface area contributed by atoms with E-state index in [1.807, 2.05) is 33.0 Å². The number of anilines is 1. The second kappa shape index (κ2) is 6.99. The number of nitrogens with zero attached hydrogens (tertiary/aromatic N) is 2. The first-order chi connectivity index (χ1) is 10.3. The standard InChI is InChI=1S/C17H27N3O2/c1-13-7-8-18-15(10-13)20-9-5-6-14(12-20)11-19-16(21)22-17(2,3)4/h7-8,10,14H,5-6,9,11-12H2,1-4H3,(H,19,21). The maximum Gasteiger partial charge on any atom is 0.407 e. The zero-order valence-corrected chi connectivity index (χ0v) is 14.1. The topological polar surface area (TPSA) is 54.5 Å². The lowest BCUT2D eigenvalue weighted by Crippen LogP contribution is -2.42. The van der Waals surface area contributed by atoms with Crippen LogP contribution in [0.5, 0.6) is 0 Å². The van der Waals surface area contributed by atoms with Gasteiger partial charge in [-0.25, -0.2) is 9.78 Å². The molecule has 2 heterocycles. The number of rotatable bonds is 3. The summed E-state index contributed by atoms with van der Waals surface area (Å²) in [4.78, 5) is 18.5. The quantitative estimate of drug-likeness (QED) is 0.932. The lowest BCUT2D eigenvalue weighted by atomic mass is 9.98. The minimum atomic E-state index is -0.450. The number of carbonyl (C=O) groups is 1. The number of piperidine rings is 1. The van der Waals surface area contributed by atoms with E-state index in [0.29, 0.717) is 12.5 Å². The second-order valence-corrected chi connectivity index (χ2v) is 7.03. The Morgan fingerprint density at radius 3 is 2.95 bits per heavy atom. The molecule has 1 fully saturated rings. The van der Waals surface area contributed by atoms with Crippen LogP contribution in [0.4, 0.5) is 10.6 Å². The number of ether oxygens (including phenoxy) is 1. The Bertz CT molecular complexity index is 511. The van der Waals surface area contributed by atoms with Crippen LogP contribution in [-0.2, 0) is 4.74 Å². The average molecular weight is 305 g/mol. The van der Waals surface area contributed by atoms with Crippen molar-refractivity contribution in [1.29, 1.82) is 0 Å². The highest BCUT2D eigenvalue weighted by molar-refractivity contribution is 5.67. The SMILES string of the molecule is Cc1ccnc(N2CCCC(CNC(=O)OC(C)(C)C)C2)c1. The molecule has 0 radical (unpaired) electrons. The number of hydrogen-bond donors (Lipinski definition) is 1. The molecule has 1 N–H and O–H groups in total. The second-order valence-electron chi connectivity index (χ2n) is 7.03. The number of aromatic nitrogens is 1. The van der Waals surface area contributed by atoms with Crippen molar-refractivity contribution in [3.8, 4) is 0 Å². The molecule has 1 aliphatic heterocycles. The molecule has 22 heavy (non-hydrogen) atoms. The van der Waals surface area contributed by atoms with E-state index in [-0.39, 0.29) is 6.09 Å². The Balaban J connectivity index is 1.85. The molecule has 1 atom stereocenters. The molecule has 0 bridgehead atoms.